The molecule has 0 atom stereocenters. The van der Waals surface area contributed by atoms with E-state index in [-0.39, 0.29) is 126 Å². The third-order valence-corrected chi connectivity index (χ3v) is 0. The summed E-state index contributed by atoms with van der Waals surface area (Å²) in [5.41, 5.74) is 0. The predicted octanol–water partition coefficient (Wildman–Crippen LogP) is -9.35. The third kappa shape index (κ3) is 227. The summed E-state index contributed by atoms with van der Waals surface area (Å²) in [5, 5.41) is 0. The van der Waals surface area contributed by atoms with Gasteiger partial charge < -0.3 is 43.8 Å². The first-order valence-corrected chi connectivity index (χ1v) is 0. The Kier molecular flexibility index (Phi) is 8620. The van der Waals surface area contributed by atoms with Crippen LogP contribution in [0.1, 0.15) is 0 Å². The van der Waals surface area contributed by atoms with E-state index >= 15 is 0 Å². The topological polar surface area (TPSA) is 252 Å². The van der Waals surface area contributed by atoms with E-state index in [1.807, 2.05) is 0 Å². The first kappa shape index (κ1) is 348. The van der Waals surface area contributed by atoms with Gasteiger partial charge in [0.05, 0.1) is 0 Å². The molecule has 0 fully saturated rings. The molecule has 0 aliphatic rings. The van der Waals surface area contributed by atoms with Crippen LogP contribution in [0.3, 0.4) is 0 Å². The van der Waals surface area contributed by atoms with Gasteiger partial charge in [-0.25, -0.2) is 0 Å². The van der Waals surface area contributed by atoms with Crippen molar-refractivity contribution < 1.29 is 43.8 Å². The van der Waals surface area contributed by atoms with Gasteiger partial charge in [-0.1, -0.05) is 0 Å². The van der Waals surface area contributed by atoms with E-state index in [1.165, 1.54) is 0 Å². The maximum atomic E-state index is 0. The molecule has 0 unspecified atom stereocenters. The molecule has 0 heterocycles. The van der Waals surface area contributed by atoms with Crippen molar-refractivity contribution in [2.75, 3.05) is 0 Å². The molecule has 0 bridgehead atoms. The van der Waals surface area contributed by atoms with Gasteiger partial charge in [-0.15, -0.1) is 0 Å². The van der Waals surface area contributed by atoms with Gasteiger partial charge in [-0.3, -0.25) is 0 Å². The summed E-state index contributed by atoms with van der Waals surface area (Å²) >= 11 is 0. The van der Waals surface area contributed by atoms with E-state index in [0.29, 0.717) is 0 Å². The van der Waals surface area contributed by atoms with Crippen LogP contribution in [0.2, 0.25) is 0 Å². The van der Waals surface area contributed by atoms with Gasteiger partial charge in [0.25, 0.3) is 0 Å². The average Bonchev–Trinajstić information content (AvgIpc) is 0. The molecule has 8 nitrogen and oxygen atoms in total. The molecule has 0 amide bonds. The molecule has 82 valence electrons. The van der Waals surface area contributed by atoms with Gasteiger partial charge in [0.1, 0.15) is 0 Å². The van der Waals surface area contributed by atoms with Gasteiger partial charge in [-0.05, 0) is 0 Å². The zero-order valence-corrected chi connectivity index (χ0v) is 22.6. The Balaban J connectivity index is 0. The van der Waals surface area contributed by atoms with Crippen molar-refractivity contribution in [1.29, 1.82) is 0 Å². The van der Waals surface area contributed by atoms with E-state index in [4.69, 9.17) is 0 Å². The monoisotopic (exact) mass is 774 g/mol. The van der Waals surface area contributed by atoms with Crippen molar-refractivity contribution in [2.45, 2.75) is 0 Å². The summed E-state index contributed by atoms with van der Waals surface area (Å²) < 4.78 is 0. The molecular weight excluding hydrogens is 750 g/mol. The molecule has 0 spiro atoms. The summed E-state index contributed by atoms with van der Waals surface area (Å²) in [6.45, 7) is 0. The Bertz CT molecular complexity index is 9.30. The minimum atomic E-state index is 0. The Hall–Kier alpha value is 2.45. The summed E-state index contributed by atoms with van der Waals surface area (Å²) in [5.74, 6) is 0. The normalized spacial score (nSPS) is 0. The number of hydrogen-bond donors (Lipinski definition) is 0. The molecule has 11 heavy (non-hydrogen) atoms. The maximum absolute atomic E-state index is 0. The quantitative estimate of drug-likeness (QED) is 0.208. The Labute approximate surface area is 124 Å². The predicted molar refractivity (Wildman–Crippen MR) is 54.5 cm³/mol. The molecular formula is H22O8Pb3. The molecule has 0 aliphatic heterocycles. The first-order chi connectivity index (χ1) is 0. The molecule has 0 saturated carbocycles. The molecule has 6 radical (unpaired) electrons. The summed E-state index contributed by atoms with van der Waals surface area (Å²) in [7, 11) is 0. The molecule has 0 saturated heterocycles. The second kappa shape index (κ2) is 273. The fraction of sp³-hybridized carbons (Fsp3) is 0. The molecule has 11 heteroatoms. The van der Waals surface area contributed by atoms with Gasteiger partial charge in [0.15, 0.2) is 0 Å². The van der Waals surface area contributed by atoms with Crippen LogP contribution in [0.4, 0.5) is 0 Å². The second-order valence-electron chi connectivity index (χ2n) is 0. The molecule has 0 aliphatic carbocycles. The van der Waals surface area contributed by atoms with Crippen LogP contribution in [-0.2, 0) is 0 Å². The van der Waals surface area contributed by atoms with Gasteiger partial charge in [0, 0.05) is 0 Å². The van der Waals surface area contributed by atoms with Crippen LogP contribution in [0.5, 0.6) is 0 Å². The van der Waals surface area contributed by atoms with Gasteiger partial charge >= 0.3 is 81.9 Å². The fourth-order valence-electron chi connectivity index (χ4n) is 0. The van der Waals surface area contributed by atoms with Crippen LogP contribution in [-0.4, -0.2) is 126 Å². The summed E-state index contributed by atoms with van der Waals surface area (Å²) in [6.07, 6.45) is 0. The third-order valence-electron chi connectivity index (χ3n) is 0. The van der Waals surface area contributed by atoms with Crippen LogP contribution >= 0.6 is 0 Å². The number of hydrogen-bond acceptors (Lipinski definition) is 0. The Morgan fingerprint density at radius 3 is 0.182 bits per heavy atom. The zero-order chi connectivity index (χ0) is 0. The molecule has 16 N–H and O–H groups in total. The second-order valence-corrected chi connectivity index (χ2v) is 0. The van der Waals surface area contributed by atoms with E-state index in [0.717, 1.165) is 0 Å². The van der Waals surface area contributed by atoms with Gasteiger partial charge in [0.2, 0.25) is 0 Å². The zero-order valence-electron chi connectivity index (χ0n) is 6.12. The first-order valence-electron chi connectivity index (χ1n) is 0. The fourth-order valence-corrected chi connectivity index (χ4v) is 0. The van der Waals surface area contributed by atoms with E-state index in [2.05, 4.69) is 0 Å². The number of rotatable bonds is 0. The SMILES string of the molecule is O.O.O.O.O.O.O.O.[PbH2].[PbH2].[PbH2]. The van der Waals surface area contributed by atoms with Crippen LogP contribution < -0.4 is 0 Å². The standard InChI is InChI=1S/8H2O.3Pb.6H/h8*1H2;;;;;;;;;. The van der Waals surface area contributed by atoms with E-state index in [1.54, 1.807) is 0 Å². The van der Waals surface area contributed by atoms with E-state index in [9.17, 15) is 0 Å². The van der Waals surface area contributed by atoms with Crippen molar-refractivity contribution in [1.82, 2.24) is 0 Å². The minimum absolute atomic E-state index is 0. The van der Waals surface area contributed by atoms with Crippen LogP contribution in [0, 0.1) is 0 Å². The van der Waals surface area contributed by atoms with Crippen molar-refractivity contribution >= 4 is 81.9 Å². The van der Waals surface area contributed by atoms with Crippen molar-refractivity contribution in [3.8, 4) is 0 Å². The molecule has 0 rings (SSSR count). The summed E-state index contributed by atoms with van der Waals surface area (Å²) in [4.78, 5) is 0. The van der Waals surface area contributed by atoms with Crippen LogP contribution in [0.25, 0.3) is 0 Å². The molecule has 0 aromatic carbocycles. The van der Waals surface area contributed by atoms with Crippen LogP contribution in [0.15, 0.2) is 0 Å². The van der Waals surface area contributed by atoms with Crippen molar-refractivity contribution in [3.63, 3.8) is 0 Å². The Morgan fingerprint density at radius 2 is 0.182 bits per heavy atom. The van der Waals surface area contributed by atoms with Crippen molar-refractivity contribution in [2.24, 2.45) is 0 Å². The molecule has 0 aromatic rings. The average molecular weight is 772 g/mol. The summed E-state index contributed by atoms with van der Waals surface area (Å²) in [6, 6.07) is 0. The van der Waals surface area contributed by atoms with Crippen molar-refractivity contribution in [3.05, 3.63) is 0 Å². The Morgan fingerprint density at radius 1 is 0.182 bits per heavy atom. The van der Waals surface area contributed by atoms with E-state index < -0.39 is 0 Å². The molecule has 0 aromatic heterocycles. The van der Waals surface area contributed by atoms with Gasteiger partial charge in [-0.2, -0.15) is 0 Å².